The molecule has 0 aromatic carbocycles. The van der Waals surface area contributed by atoms with Gasteiger partial charge in [0.2, 0.25) is 0 Å². The lowest BCUT2D eigenvalue weighted by Gasteiger charge is -2.13. The van der Waals surface area contributed by atoms with E-state index in [1.807, 2.05) is 29.8 Å². The van der Waals surface area contributed by atoms with Gasteiger partial charge in [0.25, 0.3) is 0 Å². The Kier molecular flexibility index (Phi) is 7.67. The molecule has 11 heavy (non-hydrogen) atoms. The highest BCUT2D eigenvalue weighted by Crippen LogP contribution is 1.96. The number of ether oxygens (including phenoxy) is 1. The van der Waals surface area contributed by atoms with E-state index in [4.69, 9.17) is 4.74 Å². The maximum atomic E-state index is 9.20. The van der Waals surface area contributed by atoms with Crippen molar-refractivity contribution in [3.63, 3.8) is 0 Å². The zero-order chi connectivity index (χ0) is 8.69. The van der Waals surface area contributed by atoms with Crippen LogP contribution in [-0.4, -0.2) is 30.5 Å². The van der Waals surface area contributed by atoms with E-state index in [0.29, 0.717) is 13.2 Å². The Labute approximate surface area is 82.0 Å². The first-order valence-corrected chi connectivity index (χ1v) is 4.91. The van der Waals surface area contributed by atoms with Gasteiger partial charge >= 0.3 is 0 Å². The van der Waals surface area contributed by atoms with E-state index < -0.39 is 0 Å². The number of aliphatic hydroxyl groups is 1. The molecule has 2 N–H and O–H groups in total. The fraction of sp³-hybridized carbons (Fsp3) is 1.00. The van der Waals surface area contributed by atoms with E-state index >= 15 is 0 Å². The van der Waals surface area contributed by atoms with Crippen LogP contribution in [0.15, 0.2) is 0 Å². The maximum absolute atomic E-state index is 9.20. The second kappa shape index (κ2) is 7.27. The molecule has 2 unspecified atom stereocenters. The fourth-order valence-electron chi connectivity index (χ4n) is 0.541. The average molecular weight is 273 g/mol. The van der Waals surface area contributed by atoms with Crippen molar-refractivity contribution in [3.05, 3.63) is 0 Å². The minimum absolute atomic E-state index is 0.249. The quantitative estimate of drug-likeness (QED) is 0.562. The summed E-state index contributed by atoms with van der Waals surface area (Å²) in [5.41, 5.74) is 0. The largest absolute Gasteiger partial charge is 0.389 e. The van der Waals surface area contributed by atoms with Crippen molar-refractivity contribution in [2.24, 2.45) is 0 Å². The predicted molar refractivity (Wildman–Crippen MR) is 53.7 cm³/mol. The topological polar surface area (TPSA) is 41.5 Å². The molecule has 68 valence electrons. The molecule has 0 rings (SSSR count). The molecule has 2 atom stereocenters. The molecule has 0 bridgehead atoms. The van der Waals surface area contributed by atoms with Gasteiger partial charge in [0.1, 0.15) is 0 Å². The van der Waals surface area contributed by atoms with Crippen LogP contribution in [0.5, 0.6) is 0 Å². The summed E-state index contributed by atoms with van der Waals surface area (Å²) in [6, 6.07) is 0. The van der Waals surface area contributed by atoms with Crippen LogP contribution in [0.3, 0.4) is 0 Å². The van der Waals surface area contributed by atoms with E-state index in [0.717, 1.165) is 6.42 Å². The van der Waals surface area contributed by atoms with Gasteiger partial charge in [-0.05, 0) is 13.3 Å². The van der Waals surface area contributed by atoms with Crippen LogP contribution in [0.25, 0.3) is 0 Å². The third-order valence-electron chi connectivity index (χ3n) is 1.46. The van der Waals surface area contributed by atoms with Crippen molar-refractivity contribution in [2.75, 3.05) is 13.2 Å². The standard InChI is InChI=1S/C7H16INO2/c1-3-6(2)11-5-7(10)4-9-8/h6-7,9-10H,3-5H2,1-2H3. The number of nitrogens with one attached hydrogen (secondary N) is 1. The summed E-state index contributed by atoms with van der Waals surface area (Å²) in [5.74, 6) is 0. The van der Waals surface area contributed by atoms with E-state index in [9.17, 15) is 5.11 Å². The monoisotopic (exact) mass is 273 g/mol. The summed E-state index contributed by atoms with van der Waals surface area (Å²) in [7, 11) is 0. The third kappa shape index (κ3) is 6.99. The Bertz CT molecular complexity index is 92.5. The number of rotatable bonds is 6. The van der Waals surface area contributed by atoms with Gasteiger partial charge in [0.05, 0.1) is 18.8 Å². The molecule has 0 heterocycles. The molecule has 0 aliphatic heterocycles. The highest BCUT2D eigenvalue weighted by Gasteiger charge is 2.05. The molecular formula is C7H16INO2. The Balaban J connectivity index is 3.22. The van der Waals surface area contributed by atoms with Crippen LogP contribution in [0.2, 0.25) is 0 Å². The second-order valence-corrected chi connectivity index (χ2v) is 3.31. The molecule has 0 aliphatic rings. The van der Waals surface area contributed by atoms with Crippen molar-refractivity contribution in [3.8, 4) is 0 Å². The Morgan fingerprint density at radius 1 is 1.64 bits per heavy atom. The van der Waals surface area contributed by atoms with Crippen LogP contribution in [-0.2, 0) is 4.74 Å². The number of halogens is 1. The molecule has 0 saturated heterocycles. The predicted octanol–water partition coefficient (Wildman–Crippen LogP) is 1.10. The number of hydrogen-bond acceptors (Lipinski definition) is 3. The van der Waals surface area contributed by atoms with Crippen molar-refractivity contribution in [1.82, 2.24) is 3.53 Å². The Hall–Kier alpha value is 0.610. The Morgan fingerprint density at radius 2 is 2.27 bits per heavy atom. The zero-order valence-corrected chi connectivity index (χ0v) is 9.17. The molecule has 0 fully saturated rings. The molecule has 0 aromatic rings. The highest BCUT2D eigenvalue weighted by molar-refractivity contribution is 14.1. The molecule has 0 radical (unpaired) electrons. The first-order valence-electron chi connectivity index (χ1n) is 3.83. The van der Waals surface area contributed by atoms with E-state index in [1.54, 1.807) is 0 Å². The van der Waals surface area contributed by atoms with Crippen molar-refractivity contribution in [2.45, 2.75) is 32.5 Å². The van der Waals surface area contributed by atoms with Crippen molar-refractivity contribution in [1.29, 1.82) is 0 Å². The molecule has 3 nitrogen and oxygen atoms in total. The first kappa shape index (κ1) is 11.6. The molecule has 0 spiro atoms. The lowest BCUT2D eigenvalue weighted by atomic mass is 10.3. The van der Waals surface area contributed by atoms with Gasteiger partial charge in [-0.1, -0.05) is 6.92 Å². The third-order valence-corrected chi connectivity index (χ3v) is 1.90. The van der Waals surface area contributed by atoms with Crippen molar-refractivity contribution >= 4 is 22.9 Å². The van der Waals surface area contributed by atoms with Gasteiger partial charge in [0.15, 0.2) is 0 Å². The van der Waals surface area contributed by atoms with Gasteiger partial charge < -0.3 is 9.84 Å². The smallest absolute Gasteiger partial charge is 0.0905 e. The van der Waals surface area contributed by atoms with Crippen LogP contribution in [0.1, 0.15) is 20.3 Å². The van der Waals surface area contributed by atoms with E-state index in [-0.39, 0.29) is 12.2 Å². The minimum atomic E-state index is -0.388. The van der Waals surface area contributed by atoms with Gasteiger partial charge in [-0.3, -0.25) is 3.53 Å². The molecular weight excluding hydrogens is 257 g/mol. The average Bonchev–Trinajstić information content (AvgIpc) is 2.01. The fourth-order valence-corrected chi connectivity index (χ4v) is 1.05. The SMILES string of the molecule is CCC(C)OCC(O)CNI. The highest BCUT2D eigenvalue weighted by atomic mass is 127. The van der Waals surface area contributed by atoms with Crippen LogP contribution < -0.4 is 3.53 Å². The zero-order valence-electron chi connectivity index (χ0n) is 7.01. The number of aliphatic hydroxyl groups excluding tert-OH is 1. The van der Waals surface area contributed by atoms with Gasteiger partial charge in [-0.25, -0.2) is 0 Å². The van der Waals surface area contributed by atoms with Crippen LogP contribution in [0.4, 0.5) is 0 Å². The summed E-state index contributed by atoms with van der Waals surface area (Å²) < 4.78 is 8.16. The van der Waals surface area contributed by atoms with E-state index in [1.165, 1.54) is 0 Å². The molecule has 0 amide bonds. The summed E-state index contributed by atoms with van der Waals surface area (Å²) >= 11 is 2.00. The van der Waals surface area contributed by atoms with E-state index in [2.05, 4.69) is 10.5 Å². The molecule has 4 heteroatoms. The summed E-state index contributed by atoms with van der Waals surface area (Å²) in [6.07, 6.45) is 0.851. The summed E-state index contributed by atoms with van der Waals surface area (Å²) in [6.45, 7) is 5.07. The van der Waals surface area contributed by atoms with Gasteiger partial charge in [-0.2, -0.15) is 0 Å². The normalized spacial score (nSPS) is 16.4. The Morgan fingerprint density at radius 3 is 2.73 bits per heavy atom. The van der Waals surface area contributed by atoms with Crippen molar-refractivity contribution < 1.29 is 9.84 Å². The molecule has 0 aromatic heterocycles. The van der Waals surface area contributed by atoms with Crippen LogP contribution >= 0.6 is 22.9 Å². The number of hydrogen-bond donors (Lipinski definition) is 2. The van der Waals surface area contributed by atoms with Gasteiger partial charge in [-0.15, -0.1) is 0 Å². The summed E-state index contributed by atoms with van der Waals surface area (Å²) in [5, 5.41) is 9.20. The first-order chi connectivity index (χ1) is 5.20. The second-order valence-electron chi connectivity index (χ2n) is 2.54. The lowest BCUT2D eigenvalue weighted by Crippen LogP contribution is -2.27. The maximum Gasteiger partial charge on any atom is 0.0905 e. The van der Waals surface area contributed by atoms with Crippen LogP contribution in [0, 0.1) is 0 Å². The van der Waals surface area contributed by atoms with Gasteiger partial charge in [0, 0.05) is 29.4 Å². The molecule has 0 aliphatic carbocycles. The molecule has 0 saturated carbocycles. The minimum Gasteiger partial charge on any atom is -0.389 e. The summed E-state index contributed by atoms with van der Waals surface area (Å²) in [4.78, 5) is 0. The lowest BCUT2D eigenvalue weighted by molar-refractivity contribution is 0.0000681.